The van der Waals surface area contributed by atoms with Gasteiger partial charge in [0.2, 0.25) is 0 Å². The normalized spacial score (nSPS) is 14.3. The van der Waals surface area contributed by atoms with Crippen molar-refractivity contribution in [2.75, 3.05) is 0 Å². The van der Waals surface area contributed by atoms with E-state index in [0.29, 0.717) is 0 Å². The molecule has 1 rings (SSSR count). The van der Waals surface area contributed by atoms with Gasteiger partial charge >= 0.3 is 6.18 Å². The first-order valence-electron chi connectivity index (χ1n) is 3.95. The summed E-state index contributed by atoms with van der Waals surface area (Å²) >= 11 is 10.8. The van der Waals surface area contributed by atoms with E-state index >= 15 is 0 Å². The summed E-state index contributed by atoms with van der Waals surface area (Å²) in [6, 6.07) is 4.03. The molecule has 0 aliphatic carbocycles. The molecule has 1 aromatic carbocycles. The molecule has 1 aromatic rings. The Bertz CT molecular complexity index is 321. The smallest absolute Gasteiger partial charge is 0.386 e. The molecule has 0 saturated carbocycles. The Hall–Kier alpha value is -0.450. The van der Waals surface area contributed by atoms with Crippen LogP contribution < -0.4 is 0 Å². The van der Waals surface area contributed by atoms with Crippen LogP contribution in [0.2, 0.25) is 0 Å². The van der Waals surface area contributed by atoms with E-state index < -0.39 is 22.7 Å². The Morgan fingerprint density at radius 2 is 1.53 bits per heavy atom. The van der Waals surface area contributed by atoms with Crippen LogP contribution in [0.4, 0.5) is 13.2 Å². The van der Waals surface area contributed by atoms with Crippen LogP contribution in [-0.2, 0) is 6.18 Å². The summed E-state index contributed by atoms with van der Waals surface area (Å²) in [6.45, 7) is 0. The van der Waals surface area contributed by atoms with Crippen molar-refractivity contribution in [3.63, 3.8) is 0 Å². The molecule has 6 heteroatoms. The molecule has 1 N–H and O–H groups in total. The zero-order valence-corrected chi connectivity index (χ0v) is 8.81. The fourth-order valence-corrected chi connectivity index (χ4v) is 1.31. The number of hydrogen-bond acceptors (Lipinski definition) is 1. The molecule has 0 saturated heterocycles. The second kappa shape index (κ2) is 4.60. The summed E-state index contributed by atoms with van der Waals surface area (Å²) in [5, 5.41) is 9.35. The maximum Gasteiger partial charge on any atom is 0.416 e. The molecule has 0 aliphatic heterocycles. The van der Waals surface area contributed by atoms with Gasteiger partial charge in [0.1, 0.15) is 10.9 Å². The number of rotatable bonds is 2. The molecular formula is C9H7Cl2F3O. The highest BCUT2D eigenvalue weighted by molar-refractivity contribution is 6.44. The Morgan fingerprint density at radius 1 is 1.07 bits per heavy atom. The minimum absolute atomic E-state index is 0.248. The molecule has 0 aromatic heterocycles. The summed E-state index contributed by atoms with van der Waals surface area (Å²) < 4.78 is 36.5. The fourth-order valence-electron chi connectivity index (χ4n) is 1.01. The van der Waals surface area contributed by atoms with E-state index in [0.717, 1.165) is 24.3 Å². The van der Waals surface area contributed by atoms with Crippen LogP contribution in [0, 0.1) is 0 Å². The number of hydrogen-bond donors (Lipinski definition) is 1. The third-order valence-corrected chi connectivity index (χ3v) is 2.30. The lowest BCUT2D eigenvalue weighted by Crippen LogP contribution is -2.08. The van der Waals surface area contributed by atoms with E-state index in [4.69, 9.17) is 23.2 Å². The average Bonchev–Trinajstić information content (AvgIpc) is 2.15. The molecule has 0 fully saturated rings. The monoisotopic (exact) mass is 258 g/mol. The van der Waals surface area contributed by atoms with Gasteiger partial charge in [-0.1, -0.05) is 12.1 Å². The van der Waals surface area contributed by atoms with E-state index in [2.05, 4.69) is 0 Å². The highest BCUT2D eigenvalue weighted by atomic mass is 35.5. The summed E-state index contributed by atoms with van der Waals surface area (Å²) in [6.07, 6.45) is -5.57. The van der Waals surface area contributed by atoms with Gasteiger partial charge in [-0.15, -0.1) is 23.2 Å². The molecule has 1 atom stereocenters. The summed E-state index contributed by atoms with van der Waals surface area (Å²) in [7, 11) is 0. The Labute approximate surface area is 94.4 Å². The van der Waals surface area contributed by atoms with Crippen molar-refractivity contribution in [3.8, 4) is 0 Å². The maximum absolute atomic E-state index is 12.2. The van der Waals surface area contributed by atoms with Gasteiger partial charge in [0.05, 0.1) is 5.56 Å². The SMILES string of the molecule is OC(c1ccc(C(F)(F)F)cc1)C(Cl)Cl. The van der Waals surface area contributed by atoms with Crippen molar-refractivity contribution in [3.05, 3.63) is 35.4 Å². The molecule has 0 heterocycles. The Balaban J connectivity index is 2.91. The summed E-state index contributed by atoms with van der Waals surface area (Å²) in [5.41, 5.74) is -0.530. The number of halogens is 5. The van der Waals surface area contributed by atoms with Crippen LogP contribution in [0.3, 0.4) is 0 Å². The minimum Gasteiger partial charge on any atom is -0.386 e. The first-order chi connectivity index (χ1) is 6.82. The Kier molecular flexibility index (Phi) is 3.87. The zero-order valence-electron chi connectivity index (χ0n) is 7.30. The lowest BCUT2D eigenvalue weighted by atomic mass is 10.1. The van der Waals surface area contributed by atoms with Crippen molar-refractivity contribution in [2.45, 2.75) is 17.1 Å². The van der Waals surface area contributed by atoms with E-state index in [1.165, 1.54) is 0 Å². The van der Waals surface area contributed by atoms with Crippen LogP contribution in [0.15, 0.2) is 24.3 Å². The first kappa shape index (κ1) is 12.6. The lowest BCUT2D eigenvalue weighted by molar-refractivity contribution is -0.137. The molecule has 0 spiro atoms. The quantitative estimate of drug-likeness (QED) is 0.805. The maximum atomic E-state index is 12.2. The minimum atomic E-state index is -4.38. The molecular weight excluding hydrogens is 252 g/mol. The molecule has 0 bridgehead atoms. The van der Waals surface area contributed by atoms with Crippen molar-refractivity contribution in [1.82, 2.24) is 0 Å². The number of aliphatic hydroxyl groups is 1. The molecule has 1 nitrogen and oxygen atoms in total. The third kappa shape index (κ3) is 3.26. The second-order valence-electron chi connectivity index (χ2n) is 2.90. The largest absolute Gasteiger partial charge is 0.416 e. The van der Waals surface area contributed by atoms with Crippen LogP contribution in [0.5, 0.6) is 0 Å². The highest BCUT2D eigenvalue weighted by Gasteiger charge is 2.30. The van der Waals surface area contributed by atoms with E-state index in [-0.39, 0.29) is 5.56 Å². The van der Waals surface area contributed by atoms with Crippen molar-refractivity contribution < 1.29 is 18.3 Å². The summed E-state index contributed by atoms with van der Waals surface area (Å²) in [4.78, 5) is -1.07. The molecule has 0 radical (unpaired) electrons. The Morgan fingerprint density at radius 3 is 1.87 bits per heavy atom. The van der Waals surface area contributed by atoms with E-state index in [1.807, 2.05) is 0 Å². The average molecular weight is 259 g/mol. The zero-order chi connectivity index (χ0) is 11.6. The third-order valence-electron chi connectivity index (χ3n) is 1.82. The standard InChI is InChI=1S/C9H7Cl2F3O/c10-8(11)7(15)5-1-3-6(4-2-5)9(12,13)14/h1-4,7-8,15H. The topological polar surface area (TPSA) is 20.2 Å². The fraction of sp³-hybridized carbons (Fsp3) is 0.333. The van der Waals surface area contributed by atoms with Crippen molar-refractivity contribution >= 4 is 23.2 Å². The van der Waals surface area contributed by atoms with Crippen LogP contribution in [-0.4, -0.2) is 9.94 Å². The van der Waals surface area contributed by atoms with Gasteiger partial charge in [-0.2, -0.15) is 13.2 Å². The molecule has 1 unspecified atom stereocenters. The van der Waals surface area contributed by atoms with Gasteiger partial charge in [0, 0.05) is 0 Å². The molecule has 84 valence electrons. The van der Waals surface area contributed by atoms with Gasteiger partial charge in [0.25, 0.3) is 0 Å². The number of aliphatic hydroxyl groups excluding tert-OH is 1. The van der Waals surface area contributed by atoms with Crippen LogP contribution in [0.1, 0.15) is 17.2 Å². The van der Waals surface area contributed by atoms with Crippen LogP contribution in [0.25, 0.3) is 0 Å². The lowest BCUT2D eigenvalue weighted by Gasteiger charge is -2.12. The first-order valence-corrected chi connectivity index (χ1v) is 4.83. The van der Waals surface area contributed by atoms with Gasteiger partial charge < -0.3 is 5.11 Å². The predicted octanol–water partition coefficient (Wildman–Crippen LogP) is 3.54. The molecule has 0 amide bonds. The molecule has 15 heavy (non-hydrogen) atoms. The van der Waals surface area contributed by atoms with Gasteiger partial charge in [-0.3, -0.25) is 0 Å². The number of alkyl halides is 5. The summed E-state index contributed by atoms with van der Waals surface area (Å²) in [5.74, 6) is 0. The van der Waals surface area contributed by atoms with Crippen molar-refractivity contribution in [2.24, 2.45) is 0 Å². The van der Waals surface area contributed by atoms with Gasteiger partial charge in [-0.25, -0.2) is 0 Å². The predicted molar refractivity (Wildman–Crippen MR) is 51.9 cm³/mol. The van der Waals surface area contributed by atoms with E-state index in [9.17, 15) is 18.3 Å². The second-order valence-corrected chi connectivity index (χ2v) is 4.06. The van der Waals surface area contributed by atoms with Crippen LogP contribution >= 0.6 is 23.2 Å². The van der Waals surface area contributed by atoms with Gasteiger partial charge in [0.15, 0.2) is 0 Å². The van der Waals surface area contributed by atoms with E-state index in [1.54, 1.807) is 0 Å². The molecule has 0 aliphatic rings. The van der Waals surface area contributed by atoms with Gasteiger partial charge in [-0.05, 0) is 17.7 Å². The highest BCUT2D eigenvalue weighted by Crippen LogP contribution is 2.31. The van der Waals surface area contributed by atoms with Crippen molar-refractivity contribution in [1.29, 1.82) is 0 Å². The number of benzene rings is 1.